The van der Waals surface area contributed by atoms with Gasteiger partial charge in [0.2, 0.25) is 5.91 Å². The van der Waals surface area contributed by atoms with Gasteiger partial charge >= 0.3 is 0 Å². The molecule has 122 valence electrons. The quantitative estimate of drug-likeness (QED) is 0.891. The zero-order chi connectivity index (χ0) is 17.2. The summed E-state index contributed by atoms with van der Waals surface area (Å²) in [5.74, 6) is -0.192. The number of nitrogens with two attached hydrogens (primary N) is 1. The Morgan fingerprint density at radius 2 is 1.78 bits per heavy atom. The Bertz CT molecular complexity index is 835. The molecule has 0 saturated heterocycles. The minimum Gasteiger partial charge on any atom is -0.495 e. The fourth-order valence-electron chi connectivity index (χ4n) is 1.94. The number of hydrogen-bond acceptors (Lipinski definition) is 4. The van der Waals surface area contributed by atoms with E-state index in [4.69, 9.17) is 22.1 Å². The van der Waals surface area contributed by atoms with Gasteiger partial charge in [-0.3, -0.25) is 9.10 Å². The van der Waals surface area contributed by atoms with E-state index in [9.17, 15) is 13.2 Å². The molecule has 0 saturated carbocycles. The molecule has 23 heavy (non-hydrogen) atoms. The lowest BCUT2D eigenvalue weighted by Crippen LogP contribution is -2.26. The number of ether oxygens (including phenoxy) is 1. The van der Waals surface area contributed by atoms with Crippen LogP contribution in [0.1, 0.15) is 10.4 Å². The second-order valence-electron chi connectivity index (χ2n) is 4.68. The van der Waals surface area contributed by atoms with E-state index in [-0.39, 0.29) is 9.92 Å². The summed E-state index contributed by atoms with van der Waals surface area (Å²) in [6.07, 6.45) is 0. The summed E-state index contributed by atoms with van der Waals surface area (Å²) in [5, 5.41) is 0.200. The summed E-state index contributed by atoms with van der Waals surface area (Å²) in [7, 11) is -0.940. The number of hydrogen-bond donors (Lipinski definition) is 1. The summed E-state index contributed by atoms with van der Waals surface area (Å²) < 4.78 is 31.4. The molecule has 0 spiro atoms. The molecule has 0 aliphatic carbocycles. The molecule has 0 unspecified atom stereocenters. The molecule has 8 heteroatoms. The summed E-state index contributed by atoms with van der Waals surface area (Å²) in [4.78, 5) is 11.1. The van der Waals surface area contributed by atoms with Crippen LogP contribution in [0.15, 0.2) is 47.4 Å². The van der Waals surface area contributed by atoms with Gasteiger partial charge in [-0.2, -0.15) is 0 Å². The molecule has 2 N–H and O–H groups in total. The highest BCUT2D eigenvalue weighted by Gasteiger charge is 2.22. The third kappa shape index (κ3) is 3.40. The number of methoxy groups -OCH3 is 1. The van der Waals surface area contributed by atoms with Crippen LogP contribution in [-0.4, -0.2) is 28.5 Å². The first-order valence-corrected chi connectivity index (χ1v) is 8.31. The Morgan fingerprint density at radius 1 is 1.17 bits per heavy atom. The fraction of sp³-hybridized carbons (Fsp3) is 0.133. The fourth-order valence-corrected chi connectivity index (χ4v) is 3.48. The number of rotatable bonds is 5. The van der Waals surface area contributed by atoms with Gasteiger partial charge < -0.3 is 10.5 Å². The van der Waals surface area contributed by atoms with Crippen molar-refractivity contribution in [3.05, 3.63) is 53.1 Å². The Balaban J connectivity index is 2.38. The molecule has 0 bridgehead atoms. The highest BCUT2D eigenvalue weighted by atomic mass is 35.5. The molecule has 2 rings (SSSR count). The van der Waals surface area contributed by atoms with Crippen molar-refractivity contribution in [2.75, 3.05) is 18.5 Å². The highest BCUT2D eigenvalue weighted by molar-refractivity contribution is 7.92. The van der Waals surface area contributed by atoms with Crippen molar-refractivity contribution in [1.29, 1.82) is 0 Å². The van der Waals surface area contributed by atoms with Gasteiger partial charge in [0.15, 0.2) is 0 Å². The predicted octanol–water partition coefficient (Wildman–Crippen LogP) is 2.27. The lowest BCUT2D eigenvalue weighted by atomic mass is 10.2. The van der Waals surface area contributed by atoms with E-state index in [2.05, 4.69) is 0 Å². The van der Waals surface area contributed by atoms with E-state index in [1.54, 1.807) is 0 Å². The molecule has 6 nitrogen and oxygen atoms in total. The van der Waals surface area contributed by atoms with Crippen LogP contribution in [0.3, 0.4) is 0 Å². The van der Waals surface area contributed by atoms with E-state index in [0.717, 1.165) is 4.31 Å². The summed E-state index contributed by atoms with van der Waals surface area (Å²) in [5.41, 5.74) is 5.85. The van der Waals surface area contributed by atoms with Crippen molar-refractivity contribution in [3.8, 4) is 5.75 Å². The van der Waals surface area contributed by atoms with Crippen molar-refractivity contribution in [2.24, 2.45) is 5.73 Å². The van der Waals surface area contributed by atoms with Gasteiger partial charge in [-0.05, 0) is 42.5 Å². The summed E-state index contributed by atoms with van der Waals surface area (Å²) in [6.45, 7) is 0. The third-order valence-corrected chi connectivity index (χ3v) is 5.37. The smallest absolute Gasteiger partial charge is 0.264 e. The molecule has 0 aliphatic heterocycles. The van der Waals surface area contributed by atoms with Crippen LogP contribution in [0.2, 0.25) is 5.02 Å². The Morgan fingerprint density at radius 3 is 2.26 bits per heavy atom. The maximum atomic E-state index is 12.6. The Kier molecular flexibility index (Phi) is 4.82. The molecule has 2 aromatic rings. The van der Waals surface area contributed by atoms with E-state index in [1.165, 1.54) is 56.6 Å². The van der Waals surface area contributed by atoms with Gasteiger partial charge in [0.05, 0.1) is 22.7 Å². The Hall–Kier alpha value is -2.25. The molecule has 0 radical (unpaired) electrons. The molecular formula is C15H15ClN2O4S. The molecule has 0 heterocycles. The molecule has 0 aromatic heterocycles. The lowest BCUT2D eigenvalue weighted by Gasteiger charge is -2.20. The van der Waals surface area contributed by atoms with Crippen LogP contribution >= 0.6 is 11.6 Å². The first-order valence-electron chi connectivity index (χ1n) is 6.49. The van der Waals surface area contributed by atoms with Gasteiger partial charge in [-0.1, -0.05) is 11.6 Å². The average molecular weight is 355 g/mol. The number of nitrogens with zero attached hydrogens (tertiary/aromatic N) is 1. The van der Waals surface area contributed by atoms with Crippen LogP contribution in [0.4, 0.5) is 5.69 Å². The number of carbonyl (C=O) groups is 1. The molecule has 2 aromatic carbocycles. The van der Waals surface area contributed by atoms with Gasteiger partial charge in [0.1, 0.15) is 5.75 Å². The first kappa shape index (κ1) is 17.1. The average Bonchev–Trinajstić information content (AvgIpc) is 2.54. The summed E-state index contributed by atoms with van der Waals surface area (Å²) in [6, 6.07) is 10.2. The SMILES string of the molecule is COc1ccc(S(=O)(=O)N(C)c2ccc(C(N)=O)cc2)cc1Cl. The van der Waals surface area contributed by atoms with Crippen LogP contribution in [0, 0.1) is 0 Å². The number of carbonyl (C=O) groups excluding carboxylic acids is 1. The molecule has 0 fully saturated rings. The van der Waals surface area contributed by atoms with Crippen LogP contribution in [-0.2, 0) is 10.0 Å². The van der Waals surface area contributed by atoms with Gasteiger partial charge in [0.25, 0.3) is 10.0 Å². The largest absolute Gasteiger partial charge is 0.495 e. The molecule has 1 amide bonds. The normalized spacial score (nSPS) is 11.1. The minimum atomic E-state index is -3.80. The monoisotopic (exact) mass is 354 g/mol. The zero-order valence-corrected chi connectivity index (χ0v) is 14.1. The van der Waals surface area contributed by atoms with Crippen molar-refractivity contribution in [2.45, 2.75) is 4.90 Å². The predicted molar refractivity (Wildman–Crippen MR) is 88.6 cm³/mol. The van der Waals surface area contributed by atoms with Crippen molar-refractivity contribution >= 4 is 33.2 Å². The Labute approximate surface area is 139 Å². The van der Waals surface area contributed by atoms with E-state index < -0.39 is 15.9 Å². The molecule has 0 aliphatic rings. The van der Waals surface area contributed by atoms with E-state index in [1.807, 2.05) is 0 Å². The lowest BCUT2D eigenvalue weighted by molar-refractivity contribution is 0.100. The van der Waals surface area contributed by atoms with E-state index in [0.29, 0.717) is 17.0 Å². The van der Waals surface area contributed by atoms with Crippen molar-refractivity contribution in [1.82, 2.24) is 0 Å². The standard InChI is InChI=1S/C15H15ClN2O4S/c1-18(11-5-3-10(4-6-11)15(17)19)23(20,21)12-7-8-14(22-2)13(16)9-12/h3-9H,1-2H3,(H2,17,19). The second-order valence-corrected chi connectivity index (χ2v) is 7.06. The minimum absolute atomic E-state index is 0.0322. The van der Waals surface area contributed by atoms with Crippen molar-refractivity contribution < 1.29 is 17.9 Å². The maximum Gasteiger partial charge on any atom is 0.264 e. The second kappa shape index (κ2) is 6.47. The topological polar surface area (TPSA) is 89.7 Å². The van der Waals surface area contributed by atoms with Gasteiger partial charge in [0, 0.05) is 12.6 Å². The highest BCUT2D eigenvalue weighted by Crippen LogP contribution is 2.29. The van der Waals surface area contributed by atoms with Crippen LogP contribution in [0.25, 0.3) is 0 Å². The van der Waals surface area contributed by atoms with Crippen molar-refractivity contribution in [3.63, 3.8) is 0 Å². The van der Waals surface area contributed by atoms with Gasteiger partial charge in [-0.15, -0.1) is 0 Å². The zero-order valence-electron chi connectivity index (χ0n) is 12.5. The third-order valence-electron chi connectivity index (χ3n) is 3.30. The number of sulfonamides is 1. The number of benzene rings is 2. The number of amides is 1. The molecular weight excluding hydrogens is 340 g/mol. The van der Waals surface area contributed by atoms with E-state index >= 15 is 0 Å². The number of primary amides is 1. The maximum absolute atomic E-state index is 12.6. The van der Waals surface area contributed by atoms with Crippen LogP contribution < -0.4 is 14.8 Å². The number of halogens is 1. The van der Waals surface area contributed by atoms with Gasteiger partial charge in [-0.25, -0.2) is 8.42 Å². The summed E-state index contributed by atoms with van der Waals surface area (Å²) >= 11 is 5.98. The van der Waals surface area contributed by atoms with Crippen LogP contribution in [0.5, 0.6) is 5.75 Å². The molecule has 0 atom stereocenters. The first-order chi connectivity index (χ1) is 10.8. The number of anilines is 1.